The van der Waals surface area contributed by atoms with Crippen LogP contribution in [-0.2, 0) is 6.54 Å². The van der Waals surface area contributed by atoms with Crippen molar-refractivity contribution in [1.82, 2.24) is 10.2 Å². The first-order valence-electron chi connectivity index (χ1n) is 6.52. The van der Waals surface area contributed by atoms with E-state index in [4.69, 9.17) is 0 Å². The van der Waals surface area contributed by atoms with Crippen molar-refractivity contribution in [2.75, 3.05) is 6.54 Å². The third-order valence-corrected chi connectivity index (χ3v) is 3.12. The average Bonchev–Trinajstić information content (AvgIpc) is 3.16. The van der Waals surface area contributed by atoms with Crippen molar-refractivity contribution in [1.29, 1.82) is 0 Å². The molecular weight excluding hydrogens is 269 g/mol. The highest BCUT2D eigenvalue weighted by atomic mass is 19.4. The molecule has 0 aliphatic heterocycles. The molecule has 0 saturated heterocycles. The van der Waals surface area contributed by atoms with Crippen LogP contribution in [0.3, 0.4) is 0 Å². The lowest BCUT2D eigenvalue weighted by atomic mass is 10.1. The molecule has 110 valence electrons. The van der Waals surface area contributed by atoms with Gasteiger partial charge >= 0.3 is 12.2 Å². The maximum Gasteiger partial charge on any atom is 0.405 e. The summed E-state index contributed by atoms with van der Waals surface area (Å²) >= 11 is 0. The minimum absolute atomic E-state index is 0.0590. The zero-order chi connectivity index (χ0) is 14.8. The molecule has 0 spiro atoms. The number of carbonyl (C=O) groups is 1. The van der Waals surface area contributed by atoms with E-state index >= 15 is 0 Å². The van der Waals surface area contributed by atoms with Gasteiger partial charge in [-0.1, -0.05) is 29.8 Å². The molecule has 2 rings (SSSR count). The molecule has 1 N–H and O–H groups in total. The van der Waals surface area contributed by atoms with E-state index in [1.807, 2.05) is 36.5 Å². The van der Waals surface area contributed by atoms with Crippen molar-refractivity contribution in [3.63, 3.8) is 0 Å². The molecule has 1 aromatic rings. The van der Waals surface area contributed by atoms with E-state index in [2.05, 4.69) is 0 Å². The normalized spacial score (nSPS) is 15.0. The Morgan fingerprint density at radius 1 is 1.40 bits per heavy atom. The molecule has 0 heterocycles. The highest BCUT2D eigenvalue weighted by molar-refractivity contribution is 5.75. The van der Waals surface area contributed by atoms with Crippen LogP contribution in [0.15, 0.2) is 24.3 Å². The second kappa shape index (κ2) is 5.73. The number of benzene rings is 1. The van der Waals surface area contributed by atoms with Crippen LogP contribution in [0, 0.1) is 6.92 Å². The summed E-state index contributed by atoms with van der Waals surface area (Å²) in [6.45, 7) is 0.994. The van der Waals surface area contributed by atoms with Gasteiger partial charge in [-0.2, -0.15) is 13.2 Å². The van der Waals surface area contributed by atoms with Gasteiger partial charge in [0.25, 0.3) is 0 Å². The van der Waals surface area contributed by atoms with Crippen LogP contribution in [0.4, 0.5) is 18.0 Å². The zero-order valence-corrected chi connectivity index (χ0v) is 11.2. The lowest BCUT2D eigenvalue weighted by Gasteiger charge is -2.23. The molecule has 0 unspecified atom stereocenters. The van der Waals surface area contributed by atoms with Gasteiger partial charge in [0, 0.05) is 12.6 Å². The molecule has 2 amide bonds. The predicted octanol–water partition coefficient (Wildman–Crippen LogP) is 3.23. The van der Waals surface area contributed by atoms with Crippen molar-refractivity contribution in [3.8, 4) is 0 Å². The van der Waals surface area contributed by atoms with Gasteiger partial charge in [0.15, 0.2) is 0 Å². The first-order valence-corrected chi connectivity index (χ1v) is 6.52. The molecule has 1 aliphatic rings. The largest absolute Gasteiger partial charge is 0.405 e. The molecule has 1 aromatic carbocycles. The van der Waals surface area contributed by atoms with E-state index in [-0.39, 0.29) is 6.04 Å². The summed E-state index contributed by atoms with van der Waals surface area (Å²) in [4.78, 5) is 13.4. The molecule has 1 saturated carbocycles. The Kier molecular flexibility index (Phi) is 4.20. The number of hydrogen-bond acceptors (Lipinski definition) is 1. The number of carbonyl (C=O) groups excluding carboxylic acids is 1. The number of hydrogen-bond donors (Lipinski definition) is 1. The maximum atomic E-state index is 12.1. The van der Waals surface area contributed by atoms with Crippen LogP contribution in [0.1, 0.15) is 24.0 Å². The fourth-order valence-corrected chi connectivity index (χ4v) is 2.04. The molecular formula is C14H17F3N2O. The fourth-order valence-electron chi connectivity index (χ4n) is 2.04. The van der Waals surface area contributed by atoms with Crippen LogP contribution in [-0.4, -0.2) is 29.7 Å². The number of nitrogens with one attached hydrogen (secondary N) is 1. The molecule has 20 heavy (non-hydrogen) atoms. The van der Waals surface area contributed by atoms with Gasteiger partial charge in [0.05, 0.1) is 0 Å². The Hall–Kier alpha value is -1.72. The second-order valence-electron chi connectivity index (χ2n) is 5.12. The summed E-state index contributed by atoms with van der Waals surface area (Å²) in [5, 5.41) is 1.94. The molecule has 6 heteroatoms. The van der Waals surface area contributed by atoms with Gasteiger partial charge in [0.1, 0.15) is 6.54 Å². The number of amides is 2. The Bertz CT molecular complexity index is 484. The first-order chi connectivity index (χ1) is 9.35. The quantitative estimate of drug-likeness (QED) is 0.905. The van der Waals surface area contributed by atoms with Crippen molar-refractivity contribution >= 4 is 6.03 Å². The topological polar surface area (TPSA) is 32.3 Å². The summed E-state index contributed by atoms with van der Waals surface area (Å²) in [6, 6.07) is 7.04. The summed E-state index contributed by atoms with van der Waals surface area (Å²) in [5.74, 6) is 0. The van der Waals surface area contributed by atoms with Crippen molar-refractivity contribution in [2.45, 2.75) is 38.5 Å². The standard InChI is InChI=1S/C14H17F3N2O/c1-10-3-2-4-11(7-10)8-19(12-5-6-12)13(20)18-9-14(15,16)17/h2-4,7,12H,5-6,8-9H2,1H3,(H,18,20). The minimum atomic E-state index is -4.38. The Morgan fingerprint density at radius 2 is 2.10 bits per heavy atom. The molecule has 0 atom stereocenters. The van der Waals surface area contributed by atoms with E-state index in [9.17, 15) is 18.0 Å². The van der Waals surface area contributed by atoms with Crippen LogP contribution < -0.4 is 5.32 Å². The van der Waals surface area contributed by atoms with E-state index in [1.54, 1.807) is 0 Å². The van der Waals surface area contributed by atoms with Gasteiger partial charge in [0.2, 0.25) is 0 Å². The SMILES string of the molecule is Cc1cccc(CN(C(=O)NCC(F)(F)F)C2CC2)c1. The van der Waals surface area contributed by atoms with Crippen LogP contribution >= 0.6 is 0 Å². The predicted molar refractivity (Wildman–Crippen MR) is 69.2 cm³/mol. The van der Waals surface area contributed by atoms with E-state index in [0.717, 1.165) is 24.0 Å². The number of urea groups is 1. The van der Waals surface area contributed by atoms with Crippen LogP contribution in [0.25, 0.3) is 0 Å². The molecule has 0 radical (unpaired) electrons. The third kappa shape index (κ3) is 4.43. The lowest BCUT2D eigenvalue weighted by Crippen LogP contribution is -2.44. The maximum absolute atomic E-state index is 12.1. The van der Waals surface area contributed by atoms with Crippen LogP contribution in [0.2, 0.25) is 0 Å². The van der Waals surface area contributed by atoms with Crippen molar-refractivity contribution < 1.29 is 18.0 Å². The molecule has 0 aromatic heterocycles. The summed E-state index contributed by atoms with van der Waals surface area (Å²) < 4.78 is 36.4. The van der Waals surface area contributed by atoms with Gasteiger partial charge < -0.3 is 10.2 Å². The number of aryl methyl sites for hydroxylation is 1. The van der Waals surface area contributed by atoms with Crippen molar-refractivity contribution in [2.24, 2.45) is 0 Å². The molecule has 0 bridgehead atoms. The van der Waals surface area contributed by atoms with Crippen LogP contribution in [0.5, 0.6) is 0 Å². The monoisotopic (exact) mass is 286 g/mol. The molecule has 1 fully saturated rings. The number of alkyl halides is 3. The first kappa shape index (κ1) is 14.7. The Balaban J connectivity index is 1.98. The Morgan fingerprint density at radius 3 is 2.65 bits per heavy atom. The number of rotatable bonds is 4. The average molecular weight is 286 g/mol. The number of halogens is 3. The van der Waals surface area contributed by atoms with E-state index in [1.165, 1.54) is 4.90 Å². The van der Waals surface area contributed by atoms with Crippen molar-refractivity contribution in [3.05, 3.63) is 35.4 Å². The van der Waals surface area contributed by atoms with Gasteiger partial charge in [-0.25, -0.2) is 4.79 Å². The summed E-state index contributed by atoms with van der Waals surface area (Å²) in [6.07, 6.45) is -2.68. The number of nitrogens with zero attached hydrogens (tertiary/aromatic N) is 1. The Labute approximate surface area is 115 Å². The highest BCUT2D eigenvalue weighted by Gasteiger charge is 2.34. The van der Waals surface area contributed by atoms with Gasteiger partial charge in [-0.15, -0.1) is 0 Å². The zero-order valence-electron chi connectivity index (χ0n) is 11.2. The van der Waals surface area contributed by atoms with E-state index in [0.29, 0.717) is 6.54 Å². The molecule has 1 aliphatic carbocycles. The fraction of sp³-hybridized carbons (Fsp3) is 0.500. The highest BCUT2D eigenvalue weighted by Crippen LogP contribution is 2.28. The molecule has 3 nitrogen and oxygen atoms in total. The smallest absolute Gasteiger partial charge is 0.329 e. The third-order valence-electron chi connectivity index (χ3n) is 3.12. The summed E-state index contributed by atoms with van der Waals surface area (Å²) in [5.41, 5.74) is 1.99. The second-order valence-corrected chi connectivity index (χ2v) is 5.12. The van der Waals surface area contributed by atoms with E-state index < -0.39 is 18.8 Å². The van der Waals surface area contributed by atoms with Gasteiger partial charge in [-0.3, -0.25) is 0 Å². The van der Waals surface area contributed by atoms with Gasteiger partial charge in [-0.05, 0) is 25.3 Å². The minimum Gasteiger partial charge on any atom is -0.329 e. The summed E-state index contributed by atoms with van der Waals surface area (Å²) in [7, 11) is 0. The lowest BCUT2D eigenvalue weighted by molar-refractivity contribution is -0.123.